The quantitative estimate of drug-likeness (QED) is 0.633. The van der Waals surface area contributed by atoms with Gasteiger partial charge in [-0.3, -0.25) is 11.3 Å². The van der Waals surface area contributed by atoms with Gasteiger partial charge >= 0.3 is 0 Å². The first-order valence-corrected chi connectivity index (χ1v) is 7.09. The van der Waals surface area contributed by atoms with Crippen LogP contribution < -0.4 is 11.3 Å². The van der Waals surface area contributed by atoms with Crippen molar-refractivity contribution in [2.45, 2.75) is 32.2 Å². The maximum absolute atomic E-state index is 13.2. The number of aryl methyl sites for hydroxylation is 1. The maximum Gasteiger partial charge on any atom is 0.126 e. The number of nitrogens with two attached hydrogens (primary N) is 1. The van der Waals surface area contributed by atoms with E-state index in [-0.39, 0.29) is 6.04 Å². The Bertz CT molecular complexity index is 562. The molecule has 0 aliphatic carbocycles. The third kappa shape index (κ3) is 4.62. The van der Waals surface area contributed by atoms with E-state index in [0.717, 1.165) is 18.1 Å². The molecule has 0 bridgehead atoms. The van der Waals surface area contributed by atoms with Crippen molar-refractivity contribution in [2.24, 2.45) is 5.84 Å². The molecular formula is C17H20F2N2. The average Bonchev–Trinajstić information content (AvgIpc) is 2.46. The summed E-state index contributed by atoms with van der Waals surface area (Å²) in [6.07, 6.45) is 2.18. The van der Waals surface area contributed by atoms with Gasteiger partial charge in [0.25, 0.3) is 0 Å². The molecule has 0 saturated heterocycles. The zero-order valence-electron chi connectivity index (χ0n) is 12.1. The summed E-state index contributed by atoms with van der Waals surface area (Å²) in [6, 6.07) is 11.8. The van der Waals surface area contributed by atoms with Crippen LogP contribution in [0.1, 0.15) is 23.6 Å². The van der Waals surface area contributed by atoms with Crippen molar-refractivity contribution in [3.8, 4) is 0 Å². The van der Waals surface area contributed by atoms with Gasteiger partial charge in [0.1, 0.15) is 11.6 Å². The third-order valence-electron chi connectivity index (χ3n) is 3.55. The van der Waals surface area contributed by atoms with Gasteiger partial charge < -0.3 is 0 Å². The largest absolute Gasteiger partial charge is 0.271 e. The molecule has 0 amide bonds. The lowest BCUT2D eigenvalue weighted by molar-refractivity contribution is 0.516. The Labute approximate surface area is 124 Å². The fraction of sp³-hybridized carbons (Fsp3) is 0.294. The van der Waals surface area contributed by atoms with Crippen molar-refractivity contribution in [2.75, 3.05) is 0 Å². The number of rotatable bonds is 6. The molecule has 0 radical (unpaired) electrons. The molecule has 0 saturated carbocycles. The van der Waals surface area contributed by atoms with Crippen molar-refractivity contribution < 1.29 is 8.78 Å². The Morgan fingerprint density at radius 2 is 1.43 bits per heavy atom. The molecule has 1 unspecified atom stereocenters. The Balaban J connectivity index is 2.05. The summed E-state index contributed by atoms with van der Waals surface area (Å²) in [5, 5.41) is 0. The van der Waals surface area contributed by atoms with Crippen LogP contribution in [-0.2, 0) is 19.3 Å². The molecule has 0 aromatic heterocycles. The molecule has 2 aromatic carbocycles. The van der Waals surface area contributed by atoms with E-state index in [1.165, 1.54) is 17.7 Å². The summed E-state index contributed by atoms with van der Waals surface area (Å²) in [5.41, 5.74) is 5.75. The Hall–Kier alpha value is -1.78. The van der Waals surface area contributed by atoms with Crippen LogP contribution in [0.2, 0.25) is 0 Å². The molecule has 21 heavy (non-hydrogen) atoms. The smallest absolute Gasteiger partial charge is 0.126 e. The summed E-state index contributed by atoms with van der Waals surface area (Å²) in [7, 11) is 0. The van der Waals surface area contributed by atoms with Crippen LogP contribution in [0, 0.1) is 11.6 Å². The highest BCUT2D eigenvalue weighted by Crippen LogP contribution is 2.13. The van der Waals surface area contributed by atoms with Crippen LogP contribution in [0.4, 0.5) is 8.78 Å². The summed E-state index contributed by atoms with van der Waals surface area (Å²) >= 11 is 0. The lowest BCUT2D eigenvalue weighted by Gasteiger charge is -2.16. The summed E-state index contributed by atoms with van der Waals surface area (Å²) in [4.78, 5) is 0. The molecule has 1 atom stereocenters. The Morgan fingerprint density at radius 1 is 0.905 bits per heavy atom. The van der Waals surface area contributed by atoms with E-state index in [2.05, 4.69) is 36.6 Å². The molecule has 2 nitrogen and oxygen atoms in total. The highest BCUT2D eigenvalue weighted by atomic mass is 19.1. The lowest BCUT2D eigenvalue weighted by Crippen LogP contribution is -2.38. The molecule has 4 heteroatoms. The predicted molar refractivity (Wildman–Crippen MR) is 80.7 cm³/mol. The minimum absolute atomic E-state index is 0.0707. The van der Waals surface area contributed by atoms with Gasteiger partial charge in [-0.15, -0.1) is 0 Å². The van der Waals surface area contributed by atoms with Crippen LogP contribution in [0.25, 0.3) is 0 Å². The van der Waals surface area contributed by atoms with Crippen molar-refractivity contribution in [1.29, 1.82) is 0 Å². The standard InChI is InChI=1S/C17H20F2N2/c1-2-12-3-5-13(6-4-12)9-17(21-20)10-14-7-15(18)11-16(19)8-14/h3-8,11,17,21H,2,9-10,20H2,1H3. The van der Waals surface area contributed by atoms with Crippen molar-refractivity contribution in [1.82, 2.24) is 5.43 Å². The average molecular weight is 290 g/mol. The van der Waals surface area contributed by atoms with E-state index in [1.54, 1.807) is 0 Å². The summed E-state index contributed by atoms with van der Waals surface area (Å²) in [5.74, 6) is 4.44. The second-order valence-corrected chi connectivity index (χ2v) is 5.22. The second-order valence-electron chi connectivity index (χ2n) is 5.22. The van der Waals surface area contributed by atoms with Gasteiger partial charge in [-0.1, -0.05) is 31.2 Å². The monoisotopic (exact) mass is 290 g/mol. The maximum atomic E-state index is 13.2. The number of hydrogen-bond acceptors (Lipinski definition) is 2. The fourth-order valence-electron chi connectivity index (χ4n) is 2.40. The van der Waals surface area contributed by atoms with E-state index in [9.17, 15) is 8.78 Å². The highest BCUT2D eigenvalue weighted by Gasteiger charge is 2.11. The van der Waals surface area contributed by atoms with Gasteiger partial charge in [0.15, 0.2) is 0 Å². The lowest BCUT2D eigenvalue weighted by atomic mass is 9.98. The van der Waals surface area contributed by atoms with E-state index in [0.29, 0.717) is 18.4 Å². The molecule has 112 valence electrons. The molecule has 3 N–H and O–H groups in total. The number of halogens is 2. The topological polar surface area (TPSA) is 38.0 Å². The van der Waals surface area contributed by atoms with E-state index >= 15 is 0 Å². The number of hydrogen-bond donors (Lipinski definition) is 2. The molecule has 0 aliphatic rings. The van der Waals surface area contributed by atoms with E-state index in [1.807, 2.05) is 0 Å². The van der Waals surface area contributed by atoms with Gasteiger partial charge in [0, 0.05) is 12.1 Å². The van der Waals surface area contributed by atoms with Crippen LogP contribution >= 0.6 is 0 Å². The first kappa shape index (κ1) is 15.6. The van der Waals surface area contributed by atoms with E-state index < -0.39 is 11.6 Å². The molecule has 0 fully saturated rings. The number of hydrazine groups is 1. The van der Waals surface area contributed by atoms with E-state index in [4.69, 9.17) is 5.84 Å². The molecule has 0 aliphatic heterocycles. The van der Waals surface area contributed by atoms with Crippen LogP contribution in [0.5, 0.6) is 0 Å². The Morgan fingerprint density at radius 3 is 1.95 bits per heavy atom. The summed E-state index contributed by atoms with van der Waals surface area (Å²) in [6.45, 7) is 2.11. The minimum atomic E-state index is -0.562. The van der Waals surface area contributed by atoms with Gasteiger partial charge in [-0.2, -0.15) is 0 Å². The molecule has 0 heterocycles. The predicted octanol–water partition coefficient (Wildman–Crippen LogP) is 3.14. The third-order valence-corrected chi connectivity index (χ3v) is 3.55. The van der Waals surface area contributed by atoms with Crippen molar-refractivity contribution in [3.05, 3.63) is 70.8 Å². The minimum Gasteiger partial charge on any atom is -0.271 e. The molecule has 2 aromatic rings. The van der Waals surface area contributed by atoms with Crippen LogP contribution in [0.15, 0.2) is 42.5 Å². The van der Waals surface area contributed by atoms with Crippen LogP contribution in [-0.4, -0.2) is 6.04 Å². The van der Waals surface area contributed by atoms with Gasteiger partial charge in [-0.25, -0.2) is 8.78 Å². The molecular weight excluding hydrogens is 270 g/mol. The van der Waals surface area contributed by atoms with Crippen molar-refractivity contribution in [3.63, 3.8) is 0 Å². The first-order valence-electron chi connectivity index (χ1n) is 7.09. The number of benzene rings is 2. The normalized spacial score (nSPS) is 12.4. The molecule has 2 rings (SSSR count). The van der Waals surface area contributed by atoms with Gasteiger partial charge in [-0.05, 0) is 48.1 Å². The molecule has 0 spiro atoms. The summed E-state index contributed by atoms with van der Waals surface area (Å²) < 4.78 is 26.4. The first-order chi connectivity index (χ1) is 10.1. The zero-order valence-corrected chi connectivity index (χ0v) is 12.1. The zero-order chi connectivity index (χ0) is 15.2. The van der Waals surface area contributed by atoms with Gasteiger partial charge in [0.2, 0.25) is 0 Å². The highest BCUT2D eigenvalue weighted by molar-refractivity contribution is 5.24. The number of nitrogens with one attached hydrogen (secondary N) is 1. The van der Waals surface area contributed by atoms with Crippen LogP contribution in [0.3, 0.4) is 0 Å². The van der Waals surface area contributed by atoms with Crippen molar-refractivity contribution >= 4 is 0 Å². The second kappa shape index (κ2) is 7.29. The SMILES string of the molecule is CCc1ccc(CC(Cc2cc(F)cc(F)c2)NN)cc1. The van der Waals surface area contributed by atoms with Gasteiger partial charge in [0.05, 0.1) is 0 Å². The fourth-order valence-corrected chi connectivity index (χ4v) is 2.40. The Kier molecular flexibility index (Phi) is 5.42.